The summed E-state index contributed by atoms with van der Waals surface area (Å²) in [5.41, 5.74) is 1.17. The summed E-state index contributed by atoms with van der Waals surface area (Å²) in [6, 6.07) is 6.50. The molecule has 1 aliphatic rings. The fraction of sp³-hybridized carbons (Fsp3) is 0.625. The van der Waals surface area contributed by atoms with Gasteiger partial charge in [-0.2, -0.15) is 0 Å². The standard InChI is InChI=1S/C16H25NO2/c1-12(17-14-7-5-3-4-6-8-14)13-9-10-15(18)16(11-13)19-2/h9-12,14,17-18H,3-8H2,1-2H3. The highest BCUT2D eigenvalue weighted by atomic mass is 16.5. The van der Waals surface area contributed by atoms with Gasteiger partial charge in [-0.3, -0.25) is 0 Å². The van der Waals surface area contributed by atoms with Crippen LogP contribution in [0.3, 0.4) is 0 Å². The van der Waals surface area contributed by atoms with E-state index in [9.17, 15) is 5.11 Å². The molecule has 2 rings (SSSR count). The molecule has 0 aliphatic heterocycles. The molecule has 1 aliphatic carbocycles. The molecule has 1 aromatic rings. The van der Waals surface area contributed by atoms with E-state index in [4.69, 9.17) is 4.74 Å². The highest BCUT2D eigenvalue weighted by molar-refractivity contribution is 5.42. The minimum atomic E-state index is 0.202. The molecule has 1 atom stereocenters. The van der Waals surface area contributed by atoms with Crippen molar-refractivity contribution in [1.82, 2.24) is 5.32 Å². The van der Waals surface area contributed by atoms with Crippen LogP contribution < -0.4 is 10.1 Å². The van der Waals surface area contributed by atoms with Crippen molar-refractivity contribution in [2.45, 2.75) is 57.5 Å². The van der Waals surface area contributed by atoms with Crippen molar-refractivity contribution in [1.29, 1.82) is 0 Å². The number of benzene rings is 1. The number of hydrogen-bond acceptors (Lipinski definition) is 3. The molecule has 0 amide bonds. The fourth-order valence-corrected chi connectivity index (χ4v) is 2.86. The van der Waals surface area contributed by atoms with Gasteiger partial charge in [0.05, 0.1) is 7.11 Å². The number of hydrogen-bond donors (Lipinski definition) is 2. The SMILES string of the molecule is COc1cc(C(C)NC2CCCCCC2)ccc1O. The second kappa shape index (κ2) is 6.80. The van der Waals surface area contributed by atoms with Crippen LogP contribution in [0, 0.1) is 0 Å². The average Bonchev–Trinajstić information content (AvgIpc) is 2.68. The number of nitrogens with one attached hydrogen (secondary N) is 1. The van der Waals surface area contributed by atoms with Gasteiger partial charge in [0.2, 0.25) is 0 Å². The van der Waals surface area contributed by atoms with E-state index in [1.54, 1.807) is 13.2 Å². The lowest BCUT2D eigenvalue weighted by molar-refractivity contribution is 0.370. The molecule has 19 heavy (non-hydrogen) atoms. The monoisotopic (exact) mass is 263 g/mol. The first-order valence-electron chi connectivity index (χ1n) is 7.33. The predicted molar refractivity (Wildman–Crippen MR) is 77.7 cm³/mol. The Morgan fingerprint density at radius 1 is 1.21 bits per heavy atom. The zero-order valence-electron chi connectivity index (χ0n) is 12.0. The second-order valence-corrected chi connectivity index (χ2v) is 5.51. The van der Waals surface area contributed by atoms with Crippen LogP contribution in [-0.2, 0) is 0 Å². The molecule has 1 aromatic carbocycles. The van der Waals surface area contributed by atoms with Crippen LogP contribution in [0.2, 0.25) is 0 Å². The molecule has 1 unspecified atom stereocenters. The Labute approximate surface area is 116 Å². The van der Waals surface area contributed by atoms with Crippen molar-refractivity contribution < 1.29 is 9.84 Å². The van der Waals surface area contributed by atoms with Gasteiger partial charge >= 0.3 is 0 Å². The van der Waals surface area contributed by atoms with Gasteiger partial charge in [0.25, 0.3) is 0 Å². The number of phenolic OH excluding ortho intramolecular Hbond substituents is 1. The van der Waals surface area contributed by atoms with Gasteiger partial charge < -0.3 is 15.2 Å². The van der Waals surface area contributed by atoms with E-state index in [0.717, 1.165) is 0 Å². The van der Waals surface area contributed by atoms with Gasteiger partial charge in [0.1, 0.15) is 0 Å². The molecule has 1 fully saturated rings. The normalized spacial score (nSPS) is 18.8. The first kappa shape index (κ1) is 14.2. The van der Waals surface area contributed by atoms with Crippen molar-refractivity contribution in [2.24, 2.45) is 0 Å². The third kappa shape index (κ3) is 3.87. The number of aromatic hydroxyl groups is 1. The minimum absolute atomic E-state index is 0.202. The van der Waals surface area contributed by atoms with Crippen LogP contribution in [0.5, 0.6) is 11.5 Å². The average molecular weight is 263 g/mol. The molecule has 0 spiro atoms. The number of ether oxygens (including phenoxy) is 1. The maximum Gasteiger partial charge on any atom is 0.160 e. The summed E-state index contributed by atoms with van der Waals surface area (Å²) in [4.78, 5) is 0. The summed E-state index contributed by atoms with van der Waals surface area (Å²) in [7, 11) is 1.59. The Hall–Kier alpha value is -1.22. The van der Waals surface area contributed by atoms with Crippen molar-refractivity contribution in [2.75, 3.05) is 7.11 Å². The highest BCUT2D eigenvalue weighted by Gasteiger charge is 2.16. The van der Waals surface area contributed by atoms with E-state index < -0.39 is 0 Å². The Morgan fingerprint density at radius 2 is 1.89 bits per heavy atom. The van der Waals surface area contributed by atoms with Crippen molar-refractivity contribution in [3.63, 3.8) is 0 Å². The third-order valence-electron chi connectivity index (χ3n) is 4.04. The van der Waals surface area contributed by atoms with Gasteiger partial charge in [-0.25, -0.2) is 0 Å². The first-order chi connectivity index (χ1) is 9.20. The first-order valence-corrected chi connectivity index (χ1v) is 7.33. The molecule has 0 bridgehead atoms. The van der Waals surface area contributed by atoms with Gasteiger partial charge in [0.15, 0.2) is 11.5 Å². The lowest BCUT2D eigenvalue weighted by atomic mass is 10.0. The summed E-state index contributed by atoms with van der Waals surface area (Å²) < 4.78 is 5.17. The van der Waals surface area contributed by atoms with Gasteiger partial charge in [-0.05, 0) is 37.5 Å². The van der Waals surface area contributed by atoms with Crippen molar-refractivity contribution in [3.8, 4) is 11.5 Å². The molecular formula is C16H25NO2. The topological polar surface area (TPSA) is 41.5 Å². The maximum absolute atomic E-state index is 9.63. The zero-order chi connectivity index (χ0) is 13.7. The van der Waals surface area contributed by atoms with Crippen LogP contribution in [0.1, 0.15) is 57.1 Å². The molecule has 0 radical (unpaired) electrons. The van der Waals surface area contributed by atoms with Gasteiger partial charge in [0, 0.05) is 12.1 Å². The van der Waals surface area contributed by atoms with Crippen LogP contribution in [0.25, 0.3) is 0 Å². The summed E-state index contributed by atoms with van der Waals surface area (Å²) in [5, 5.41) is 13.3. The lowest BCUT2D eigenvalue weighted by Crippen LogP contribution is -2.31. The van der Waals surface area contributed by atoms with E-state index in [2.05, 4.69) is 12.2 Å². The van der Waals surface area contributed by atoms with E-state index >= 15 is 0 Å². The Morgan fingerprint density at radius 3 is 2.53 bits per heavy atom. The Balaban J connectivity index is 2.00. The van der Waals surface area contributed by atoms with Gasteiger partial charge in [-0.15, -0.1) is 0 Å². The van der Waals surface area contributed by atoms with Crippen LogP contribution in [-0.4, -0.2) is 18.3 Å². The van der Waals surface area contributed by atoms with E-state index in [1.807, 2.05) is 12.1 Å². The van der Waals surface area contributed by atoms with E-state index in [-0.39, 0.29) is 11.8 Å². The van der Waals surface area contributed by atoms with Crippen LogP contribution in [0.15, 0.2) is 18.2 Å². The summed E-state index contributed by atoms with van der Waals surface area (Å²) >= 11 is 0. The molecule has 1 saturated carbocycles. The highest BCUT2D eigenvalue weighted by Crippen LogP contribution is 2.29. The smallest absolute Gasteiger partial charge is 0.160 e. The quantitative estimate of drug-likeness (QED) is 0.812. The lowest BCUT2D eigenvalue weighted by Gasteiger charge is -2.22. The summed E-state index contributed by atoms with van der Waals surface area (Å²) in [6.45, 7) is 2.18. The van der Waals surface area contributed by atoms with Crippen LogP contribution in [0.4, 0.5) is 0 Å². The zero-order valence-corrected chi connectivity index (χ0v) is 12.0. The maximum atomic E-state index is 9.63. The molecule has 3 heteroatoms. The minimum Gasteiger partial charge on any atom is -0.504 e. The predicted octanol–water partition coefficient (Wildman–Crippen LogP) is 3.77. The summed E-state index contributed by atoms with van der Waals surface area (Å²) in [6.07, 6.45) is 7.98. The Kier molecular flexibility index (Phi) is 5.08. The van der Waals surface area contributed by atoms with Crippen LogP contribution >= 0.6 is 0 Å². The molecule has 0 saturated heterocycles. The molecule has 3 nitrogen and oxygen atoms in total. The van der Waals surface area contributed by atoms with E-state index in [0.29, 0.717) is 11.8 Å². The van der Waals surface area contributed by atoms with Crippen molar-refractivity contribution in [3.05, 3.63) is 23.8 Å². The Bertz CT molecular complexity index is 398. The molecule has 106 valence electrons. The van der Waals surface area contributed by atoms with Gasteiger partial charge in [-0.1, -0.05) is 31.7 Å². The molecule has 0 heterocycles. The molecule has 0 aromatic heterocycles. The molecular weight excluding hydrogens is 238 g/mol. The number of methoxy groups -OCH3 is 1. The second-order valence-electron chi connectivity index (χ2n) is 5.51. The number of phenols is 1. The number of rotatable bonds is 4. The molecule has 2 N–H and O–H groups in total. The van der Waals surface area contributed by atoms with E-state index in [1.165, 1.54) is 44.1 Å². The summed E-state index contributed by atoms with van der Waals surface area (Å²) in [5.74, 6) is 0.750. The largest absolute Gasteiger partial charge is 0.504 e. The fourth-order valence-electron chi connectivity index (χ4n) is 2.86. The van der Waals surface area contributed by atoms with Crippen molar-refractivity contribution >= 4 is 0 Å². The third-order valence-corrected chi connectivity index (χ3v) is 4.04.